The van der Waals surface area contributed by atoms with Crippen LogP contribution in [-0.2, 0) is 11.3 Å². The zero-order valence-electron chi connectivity index (χ0n) is 11.0. The summed E-state index contributed by atoms with van der Waals surface area (Å²) in [7, 11) is 0. The molecule has 0 radical (unpaired) electrons. The molecule has 0 aliphatic rings. The normalized spacial score (nSPS) is 11.9. The van der Waals surface area contributed by atoms with Gasteiger partial charge in [-0.05, 0) is 18.1 Å². The molecule has 0 bridgehead atoms. The average molecular weight is 254 g/mol. The van der Waals surface area contributed by atoms with Gasteiger partial charge in [0, 0.05) is 6.54 Å². The van der Waals surface area contributed by atoms with E-state index in [1.165, 1.54) is 5.56 Å². The van der Waals surface area contributed by atoms with E-state index in [4.69, 9.17) is 5.73 Å². The third kappa shape index (κ3) is 3.66. The standard InChI is InChI=1S/C16H18N2O/c1-12-7-9-13(10-8-12)11-18-16(19)15(17)14-5-3-2-4-6-14/h2-10,15H,11,17H2,1H3,(H,18,19)/t15-/m0/s1. The topological polar surface area (TPSA) is 55.1 Å². The fourth-order valence-corrected chi connectivity index (χ4v) is 1.82. The highest BCUT2D eigenvalue weighted by Gasteiger charge is 2.14. The number of carbonyl (C=O) groups is 1. The van der Waals surface area contributed by atoms with Crippen LogP contribution in [0.4, 0.5) is 0 Å². The smallest absolute Gasteiger partial charge is 0.241 e. The maximum atomic E-state index is 11.9. The Morgan fingerprint density at radius 3 is 2.37 bits per heavy atom. The molecule has 0 saturated carbocycles. The molecular weight excluding hydrogens is 236 g/mol. The first kappa shape index (κ1) is 13.3. The van der Waals surface area contributed by atoms with Gasteiger partial charge in [-0.1, -0.05) is 60.2 Å². The molecule has 0 spiro atoms. The predicted octanol–water partition coefficient (Wildman–Crippen LogP) is 2.31. The van der Waals surface area contributed by atoms with Crippen molar-refractivity contribution >= 4 is 5.91 Å². The number of benzene rings is 2. The Morgan fingerprint density at radius 2 is 1.74 bits per heavy atom. The van der Waals surface area contributed by atoms with Crippen LogP contribution in [0.2, 0.25) is 0 Å². The molecule has 1 amide bonds. The largest absolute Gasteiger partial charge is 0.350 e. The van der Waals surface area contributed by atoms with Crippen molar-refractivity contribution in [2.45, 2.75) is 19.5 Å². The molecule has 98 valence electrons. The fourth-order valence-electron chi connectivity index (χ4n) is 1.82. The Hall–Kier alpha value is -2.13. The summed E-state index contributed by atoms with van der Waals surface area (Å²) < 4.78 is 0. The van der Waals surface area contributed by atoms with Crippen molar-refractivity contribution in [3.8, 4) is 0 Å². The first-order valence-corrected chi connectivity index (χ1v) is 6.30. The third-order valence-corrected chi connectivity index (χ3v) is 3.03. The summed E-state index contributed by atoms with van der Waals surface area (Å²) in [6, 6.07) is 16.8. The summed E-state index contributed by atoms with van der Waals surface area (Å²) >= 11 is 0. The summed E-state index contributed by atoms with van der Waals surface area (Å²) in [6.07, 6.45) is 0. The lowest BCUT2D eigenvalue weighted by molar-refractivity contribution is -0.122. The van der Waals surface area contributed by atoms with E-state index >= 15 is 0 Å². The quantitative estimate of drug-likeness (QED) is 0.879. The van der Waals surface area contributed by atoms with Gasteiger partial charge in [0.15, 0.2) is 0 Å². The zero-order chi connectivity index (χ0) is 13.7. The van der Waals surface area contributed by atoms with Crippen LogP contribution < -0.4 is 11.1 Å². The van der Waals surface area contributed by atoms with Crippen molar-refractivity contribution in [3.63, 3.8) is 0 Å². The number of aryl methyl sites for hydroxylation is 1. The van der Waals surface area contributed by atoms with E-state index < -0.39 is 6.04 Å². The minimum absolute atomic E-state index is 0.160. The van der Waals surface area contributed by atoms with E-state index in [1.54, 1.807) is 0 Å². The Kier molecular flexibility index (Phi) is 4.31. The monoisotopic (exact) mass is 254 g/mol. The number of carbonyl (C=O) groups excluding carboxylic acids is 1. The zero-order valence-corrected chi connectivity index (χ0v) is 11.0. The predicted molar refractivity (Wildman–Crippen MR) is 76.4 cm³/mol. The van der Waals surface area contributed by atoms with Crippen LogP contribution in [0.15, 0.2) is 54.6 Å². The molecule has 0 saturated heterocycles. The summed E-state index contributed by atoms with van der Waals surface area (Å²) in [6.45, 7) is 2.54. The second kappa shape index (κ2) is 6.16. The Morgan fingerprint density at radius 1 is 1.11 bits per heavy atom. The summed E-state index contributed by atoms with van der Waals surface area (Å²) in [5.41, 5.74) is 9.01. The lowest BCUT2D eigenvalue weighted by Gasteiger charge is -2.12. The summed E-state index contributed by atoms with van der Waals surface area (Å²) in [5, 5.41) is 2.85. The molecule has 0 aromatic heterocycles. The van der Waals surface area contributed by atoms with Gasteiger partial charge in [-0.15, -0.1) is 0 Å². The summed E-state index contributed by atoms with van der Waals surface area (Å²) in [4.78, 5) is 11.9. The van der Waals surface area contributed by atoms with Crippen LogP contribution in [0.1, 0.15) is 22.7 Å². The number of amides is 1. The van der Waals surface area contributed by atoms with Crippen molar-refractivity contribution < 1.29 is 4.79 Å². The molecule has 2 rings (SSSR count). The number of hydrogen-bond acceptors (Lipinski definition) is 2. The van der Waals surface area contributed by atoms with Gasteiger partial charge in [0.25, 0.3) is 0 Å². The highest BCUT2D eigenvalue weighted by molar-refractivity contribution is 5.82. The highest BCUT2D eigenvalue weighted by atomic mass is 16.2. The van der Waals surface area contributed by atoms with Crippen LogP contribution in [0.25, 0.3) is 0 Å². The molecule has 0 fully saturated rings. The van der Waals surface area contributed by atoms with Crippen LogP contribution >= 0.6 is 0 Å². The molecule has 2 aromatic carbocycles. The first-order valence-electron chi connectivity index (χ1n) is 6.30. The highest BCUT2D eigenvalue weighted by Crippen LogP contribution is 2.10. The second-order valence-electron chi connectivity index (χ2n) is 4.59. The molecule has 0 unspecified atom stereocenters. The van der Waals surface area contributed by atoms with Gasteiger partial charge in [0.05, 0.1) is 0 Å². The number of nitrogens with two attached hydrogens (primary N) is 1. The molecule has 0 aliphatic heterocycles. The molecular formula is C16H18N2O. The van der Waals surface area contributed by atoms with Gasteiger partial charge >= 0.3 is 0 Å². The van der Waals surface area contributed by atoms with E-state index in [1.807, 2.05) is 61.5 Å². The fraction of sp³-hybridized carbons (Fsp3) is 0.188. The lowest BCUT2D eigenvalue weighted by atomic mass is 10.1. The van der Waals surface area contributed by atoms with Gasteiger partial charge in [-0.3, -0.25) is 4.79 Å². The van der Waals surface area contributed by atoms with Gasteiger partial charge in [0.1, 0.15) is 6.04 Å². The van der Waals surface area contributed by atoms with Gasteiger partial charge in [-0.2, -0.15) is 0 Å². The van der Waals surface area contributed by atoms with Crippen molar-refractivity contribution in [2.75, 3.05) is 0 Å². The number of hydrogen-bond donors (Lipinski definition) is 2. The van der Waals surface area contributed by atoms with Crippen LogP contribution in [-0.4, -0.2) is 5.91 Å². The van der Waals surface area contributed by atoms with Crippen LogP contribution in [0.3, 0.4) is 0 Å². The van der Waals surface area contributed by atoms with Gasteiger partial charge in [0.2, 0.25) is 5.91 Å². The van der Waals surface area contributed by atoms with E-state index in [9.17, 15) is 4.79 Å². The molecule has 1 atom stereocenters. The van der Waals surface area contributed by atoms with Gasteiger partial charge in [-0.25, -0.2) is 0 Å². The molecule has 0 heterocycles. The van der Waals surface area contributed by atoms with E-state index in [0.29, 0.717) is 6.54 Å². The van der Waals surface area contributed by atoms with Gasteiger partial charge < -0.3 is 11.1 Å². The molecule has 19 heavy (non-hydrogen) atoms. The van der Waals surface area contributed by atoms with E-state index in [0.717, 1.165) is 11.1 Å². The van der Waals surface area contributed by atoms with Crippen molar-refractivity contribution in [1.82, 2.24) is 5.32 Å². The first-order chi connectivity index (χ1) is 9.16. The molecule has 2 aromatic rings. The van der Waals surface area contributed by atoms with E-state index in [2.05, 4.69) is 5.32 Å². The molecule has 3 nitrogen and oxygen atoms in total. The minimum Gasteiger partial charge on any atom is -0.350 e. The van der Waals surface area contributed by atoms with Crippen molar-refractivity contribution in [3.05, 3.63) is 71.3 Å². The maximum absolute atomic E-state index is 11.9. The Bertz CT molecular complexity index is 534. The van der Waals surface area contributed by atoms with Crippen molar-refractivity contribution in [1.29, 1.82) is 0 Å². The average Bonchev–Trinajstić information content (AvgIpc) is 2.46. The number of rotatable bonds is 4. The van der Waals surface area contributed by atoms with Crippen LogP contribution in [0, 0.1) is 6.92 Å². The minimum atomic E-state index is -0.619. The lowest BCUT2D eigenvalue weighted by Crippen LogP contribution is -2.33. The second-order valence-corrected chi connectivity index (χ2v) is 4.59. The molecule has 3 heteroatoms. The molecule has 0 aliphatic carbocycles. The maximum Gasteiger partial charge on any atom is 0.241 e. The summed E-state index contributed by atoms with van der Waals surface area (Å²) in [5.74, 6) is -0.160. The molecule has 3 N–H and O–H groups in total. The van der Waals surface area contributed by atoms with Crippen LogP contribution in [0.5, 0.6) is 0 Å². The third-order valence-electron chi connectivity index (χ3n) is 3.03. The SMILES string of the molecule is Cc1ccc(CNC(=O)[C@@H](N)c2ccccc2)cc1. The van der Waals surface area contributed by atoms with Crippen molar-refractivity contribution in [2.24, 2.45) is 5.73 Å². The Balaban J connectivity index is 1.93. The van der Waals surface area contributed by atoms with E-state index in [-0.39, 0.29) is 5.91 Å². The Labute approximate surface area is 113 Å². The number of nitrogens with one attached hydrogen (secondary N) is 1.